The first-order valence-electron chi connectivity index (χ1n) is 11.2. The summed E-state index contributed by atoms with van der Waals surface area (Å²) in [4.78, 5) is 18.2. The largest absolute Gasteiger partial charge is 0.495 e. The first-order chi connectivity index (χ1) is 16.8. The van der Waals surface area contributed by atoms with Crippen LogP contribution in [0, 0.1) is 0 Å². The summed E-state index contributed by atoms with van der Waals surface area (Å²) in [5.41, 5.74) is 11.1. The third-order valence-corrected chi connectivity index (χ3v) is 5.36. The van der Waals surface area contributed by atoms with Crippen molar-refractivity contribution in [2.45, 2.75) is 5.88 Å². The number of methoxy groups -OCH3 is 1. The molecule has 0 aliphatic rings. The maximum absolute atomic E-state index is 7.24. The predicted octanol–water partition coefficient (Wildman–Crippen LogP) is 4.87. The maximum atomic E-state index is 7.24. The molecule has 0 saturated heterocycles. The molecule has 158 valence electrons. The summed E-state index contributed by atoms with van der Waals surface area (Å²) in [5.74, 6) is 1.51. The highest BCUT2D eigenvalue weighted by atomic mass is 35.5. The highest BCUT2D eigenvalue weighted by Crippen LogP contribution is 2.31. The molecule has 2 N–H and O–H groups in total. The van der Waals surface area contributed by atoms with Gasteiger partial charge in [-0.05, 0) is 54.1 Å². The number of nitrogens with two attached hydrogens (primary N) is 1. The van der Waals surface area contributed by atoms with E-state index in [1.54, 1.807) is 30.5 Å². The second-order valence-corrected chi connectivity index (χ2v) is 7.29. The molecule has 0 unspecified atom stereocenters. The third kappa shape index (κ3) is 3.52. The Labute approximate surface area is 193 Å². The smallest absolute Gasteiger partial charge is 0.165 e. The van der Waals surface area contributed by atoms with Crippen LogP contribution >= 0.6 is 11.6 Å². The van der Waals surface area contributed by atoms with Gasteiger partial charge >= 0.3 is 0 Å². The van der Waals surface area contributed by atoms with E-state index in [0.717, 1.165) is 11.3 Å². The van der Waals surface area contributed by atoms with Gasteiger partial charge < -0.3 is 10.5 Å². The number of pyridine rings is 3. The molecule has 4 heterocycles. The number of nitrogens with zero attached hydrogens (tertiary/aromatic N) is 5. The number of rotatable bonds is 5. The molecule has 0 amide bonds. The lowest BCUT2D eigenvalue weighted by atomic mass is 10.2. The first-order valence-corrected chi connectivity index (χ1v) is 10.3. The van der Waals surface area contributed by atoms with Crippen molar-refractivity contribution >= 4 is 28.6 Å². The van der Waals surface area contributed by atoms with Crippen molar-refractivity contribution in [1.29, 1.82) is 0 Å². The Morgan fingerprint density at radius 3 is 2.56 bits per heavy atom. The zero-order valence-corrected chi connectivity index (χ0v) is 17.5. The second-order valence-electron chi connectivity index (χ2n) is 7.03. The summed E-state index contributed by atoms with van der Waals surface area (Å²) in [5, 5.41) is 0. The molecule has 4 aromatic heterocycles. The van der Waals surface area contributed by atoms with Crippen LogP contribution in [0.5, 0.6) is 5.75 Å². The van der Waals surface area contributed by atoms with Crippen molar-refractivity contribution < 1.29 is 8.85 Å². The molecular weight excluding hydrogens is 424 g/mol. The van der Waals surface area contributed by atoms with Gasteiger partial charge in [-0.1, -0.05) is 12.1 Å². The Kier molecular flexibility index (Phi) is 4.32. The molecule has 1 aromatic carbocycles. The van der Waals surface area contributed by atoms with Gasteiger partial charge in [0.15, 0.2) is 11.5 Å². The summed E-state index contributed by atoms with van der Waals surface area (Å²) in [7, 11) is -2.55. The molecular formula is C24H19ClN6O. The highest BCUT2D eigenvalue weighted by molar-refractivity contribution is 6.17. The summed E-state index contributed by atoms with van der Waals surface area (Å²) < 4.78 is 28.5. The average molecular weight is 446 g/mol. The van der Waals surface area contributed by atoms with Gasteiger partial charge in [0.25, 0.3) is 0 Å². The Morgan fingerprint density at radius 1 is 1.00 bits per heavy atom. The zero-order chi connectivity index (χ0) is 24.6. The van der Waals surface area contributed by atoms with Gasteiger partial charge in [0.2, 0.25) is 0 Å². The molecule has 7 nitrogen and oxygen atoms in total. The number of imidazole rings is 1. The molecule has 0 spiro atoms. The lowest BCUT2D eigenvalue weighted by molar-refractivity contribution is 0.413. The van der Waals surface area contributed by atoms with Crippen molar-refractivity contribution in [3.8, 4) is 34.2 Å². The van der Waals surface area contributed by atoms with Crippen LogP contribution in [-0.4, -0.2) is 31.5 Å². The monoisotopic (exact) mass is 445 g/mol. The quantitative estimate of drug-likeness (QED) is 0.388. The highest BCUT2D eigenvalue weighted by Gasteiger charge is 2.18. The summed E-state index contributed by atoms with van der Waals surface area (Å²) in [6.07, 6.45) is 2.99. The van der Waals surface area contributed by atoms with E-state index in [0.29, 0.717) is 45.6 Å². The first kappa shape index (κ1) is 16.7. The van der Waals surface area contributed by atoms with E-state index in [4.69, 9.17) is 36.2 Å². The molecule has 0 radical (unpaired) electrons. The number of hydrogen-bond acceptors (Lipinski definition) is 6. The van der Waals surface area contributed by atoms with Gasteiger partial charge in [0.1, 0.15) is 17.1 Å². The minimum absolute atomic E-state index is 0.147. The average Bonchev–Trinajstić information content (AvgIpc) is 3.22. The van der Waals surface area contributed by atoms with E-state index in [9.17, 15) is 0 Å². The Hall–Kier alpha value is -3.97. The fraction of sp³-hybridized carbons (Fsp3) is 0.0833. The van der Waals surface area contributed by atoms with E-state index >= 15 is 0 Å². The number of alkyl halides is 1. The normalized spacial score (nSPS) is 12.8. The molecule has 0 atom stereocenters. The molecule has 8 heteroatoms. The standard InChI is InChI=1S/C24H19ClN6O/c1-32-17-8-9-19(28-14-17)20-10-11-21-24(29-20)31(16-6-4-15(13-25)5-7-16)23(30-21)18-3-2-12-27-22(18)26/h2-12,14H,13H2,1H3,(H2,26,27)/i1D3. The van der Waals surface area contributed by atoms with E-state index in [1.165, 1.54) is 6.20 Å². The number of aromatic nitrogens is 5. The minimum Gasteiger partial charge on any atom is -0.495 e. The minimum atomic E-state index is -2.55. The molecule has 0 fully saturated rings. The van der Waals surface area contributed by atoms with Gasteiger partial charge in [-0.3, -0.25) is 9.55 Å². The van der Waals surface area contributed by atoms with Gasteiger partial charge in [-0.15, -0.1) is 11.6 Å². The lowest BCUT2D eigenvalue weighted by Crippen LogP contribution is -2.02. The van der Waals surface area contributed by atoms with Gasteiger partial charge in [0, 0.05) is 17.8 Å². The van der Waals surface area contributed by atoms with Crippen LogP contribution in [0.3, 0.4) is 0 Å². The van der Waals surface area contributed by atoms with Crippen molar-refractivity contribution in [2.75, 3.05) is 12.8 Å². The number of hydrogen-bond donors (Lipinski definition) is 1. The third-order valence-electron chi connectivity index (χ3n) is 5.05. The van der Waals surface area contributed by atoms with E-state index < -0.39 is 7.04 Å². The van der Waals surface area contributed by atoms with Crippen LogP contribution in [0.1, 0.15) is 9.68 Å². The zero-order valence-electron chi connectivity index (χ0n) is 19.7. The Morgan fingerprint density at radius 2 is 1.84 bits per heavy atom. The summed E-state index contributed by atoms with van der Waals surface area (Å²) >= 11 is 5.98. The molecule has 5 aromatic rings. The number of halogens is 1. The molecule has 0 bridgehead atoms. The van der Waals surface area contributed by atoms with E-state index in [1.807, 2.05) is 41.0 Å². The predicted molar refractivity (Wildman–Crippen MR) is 126 cm³/mol. The molecule has 0 aliphatic heterocycles. The van der Waals surface area contributed by atoms with Gasteiger partial charge in [0.05, 0.1) is 34.3 Å². The fourth-order valence-electron chi connectivity index (χ4n) is 3.46. The van der Waals surface area contributed by atoms with Gasteiger partial charge in [-0.2, -0.15) is 0 Å². The van der Waals surface area contributed by atoms with Crippen LogP contribution < -0.4 is 10.5 Å². The van der Waals surface area contributed by atoms with Crippen LogP contribution in [0.2, 0.25) is 0 Å². The fourth-order valence-corrected chi connectivity index (χ4v) is 3.64. The van der Waals surface area contributed by atoms with Crippen LogP contribution in [-0.2, 0) is 5.88 Å². The number of nitrogen functional groups attached to an aromatic ring is 1. The molecule has 32 heavy (non-hydrogen) atoms. The lowest BCUT2D eigenvalue weighted by Gasteiger charge is -2.11. The molecule has 0 saturated carbocycles. The van der Waals surface area contributed by atoms with Crippen molar-refractivity contribution in [1.82, 2.24) is 24.5 Å². The summed E-state index contributed by atoms with van der Waals surface area (Å²) in [6.45, 7) is 0. The van der Waals surface area contributed by atoms with Crippen molar-refractivity contribution in [3.63, 3.8) is 0 Å². The van der Waals surface area contributed by atoms with Crippen LogP contribution in [0.25, 0.3) is 39.6 Å². The van der Waals surface area contributed by atoms with Crippen molar-refractivity contribution in [2.24, 2.45) is 0 Å². The second kappa shape index (κ2) is 8.28. The Balaban J connectivity index is 1.66. The number of benzene rings is 1. The molecule has 5 rings (SSSR count). The van der Waals surface area contributed by atoms with E-state index in [-0.39, 0.29) is 5.75 Å². The maximum Gasteiger partial charge on any atom is 0.165 e. The van der Waals surface area contributed by atoms with Crippen LogP contribution in [0.4, 0.5) is 5.82 Å². The molecule has 0 aliphatic carbocycles. The van der Waals surface area contributed by atoms with Crippen molar-refractivity contribution in [3.05, 3.63) is 78.6 Å². The van der Waals surface area contributed by atoms with Gasteiger partial charge in [-0.25, -0.2) is 15.0 Å². The Bertz CT molecular complexity index is 1500. The number of anilines is 1. The number of ether oxygens (including phenoxy) is 1. The number of fused-ring (bicyclic) bond motifs is 1. The summed E-state index contributed by atoms with van der Waals surface area (Å²) in [6, 6.07) is 18.3. The van der Waals surface area contributed by atoms with Crippen LogP contribution in [0.15, 0.2) is 73.1 Å². The topological polar surface area (TPSA) is 91.7 Å². The SMILES string of the molecule is [2H]C([2H])([2H])Oc1ccc(-c2ccc3nc(-c4cccnc4N)n(-c4ccc(CCl)cc4)c3n2)nc1. The van der Waals surface area contributed by atoms with E-state index in [2.05, 4.69) is 9.97 Å².